The molecule has 3 heteroatoms. The summed E-state index contributed by atoms with van der Waals surface area (Å²) in [6, 6.07) is 0. The first kappa shape index (κ1) is 6.55. The Hall–Kier alpha value is -0.570. The summed E-state index contributed by atoms with van der Waals surface area (Å²) in [4.78, 5) is 15.2. The first-order chi connectivity index (χ1) is 4.25. The van der Waals surface area contributed by atoms with Gasteiger partial charge in [0, 0.05) is 5.92 Å². The molecule has 3 nitrogen and oxygen atoms in total. The average molecular weight is 129 g/mol. The van der Waals surface area contributed by atoms with E-state index >= 15 is 0 Å². The van der Waals surface area contributed by atoms with Gasteiger partial charge in [-0.3, -0.25) is 9.63 Å². The zero-order valence-electron chi connectivity index (χ0n) is 5.68. The summed E-state index contributed by atoms with van der Waals surface area (Å²) in [5, 5.41) is 0. The summed E-state index contributed by atoms with van der Waals surface area (Å²) in [6.07, 6.45) is 1.01. The Morgan fingerprint density at radius 1 is 1.78 bits per heavy atom. The van der Waals surface area contributed by atoms with Gasteiger partial charge in [-0.1, -0.05) is 6.92 Å². The molecule has 0 aromatic rings. The molecule has 52 valence electrons. The van der Waals surface area contributed by atoms with Crippen LogP contribution in [0.15, 0.2) is 0 Å². The summed E-state index contributed by atoms with van der Waals surface area (Å²) in [5.74, 6) is 0.787. The number of hydrogen-bond donors (Lipinski definition) is 1. The molecular formula is C6H11NO2. The van der Waals surface area contributed by atoms with Crippen molar-refractivity contribution in [3.63, 3.8) is 0 Å². The summed E-state index contributed by atoms with van der Waals surface area (Å²) >= 11 is 0. The van der Waals surface area contributed by atoms with E-state index < -0.39 is 0 Å². The summed E-state index contributed by atoms with van der Waals surface area (Å²) in [6.45, 7) is 2.06. The maximum atomic E-state index is 10.8. The standard InChI is InChI=1S/C6H11NO2/c1-4-3-5(4)6(8)7-9-2/h4-5H,3H2,1-2H3,(H,7,8)/t4-,5-/m0/s1. The van der Waals surface area contributed by atoms with Crippen molar-refractivity contribution < 1.29 is 9.63 Å². The highest BCUT2D eigenvalue weighted by Gasteiger charge is 2.39. The van der Waals surface area contributed by atoms with Gasteiger partial charge in [0.15, 0.2) is 0 Å². The molecule has 1 aliphatic carbocycles. The molecule has 1 rings (SSSR count). The highest BCUT2D eigenvalue weighted by Crippen LogP contribution is 2.37. The lowest BCUT2D eigenvalue weighted by molar-refractivity contribution is -0.132. The Kier molecular flexibility index (Phi) is 1.71. The molecule has 0 aromatic carbocycles. The average Bonchev–Trinajstić information content (AvgIpc) is 2.47. The van der Waals surface area contributed by atoms with Gasteiger partial charge in [0.2, 0.25) is 5.91 Å². The van der Waals surface area contributed by atoms with Gasteiger partial charge in [0.25, 0.3) is 0 Å². The van der Waals surface area contributed by atoms with Crippen LogP contribution in [0.25, 0.3) is 0 Å². The monoisotopic (exact) mass is 129 g/mol. The fourth-order valence-electron chi connectivity index (χ4n) is 0.864. The summed E-state index contributed by atoms with van der Waals surface area (Å²) in [5.41, 5.74) is 2.30. The van der Waals surface area contributed by atoms with Crippen molar-refractivity contribution in [3.8, 4) is 0 Å². The Morgan fingerprint density at radius 3 is 2.67 bits per heavy atom. The van der Waals surface area contributed by atoms with E-state index in [1.807, 2.05) is 0 Å². The minimum Gasteiger partial charge on any atom is -0.277 e. The lowest BCUT2D eigenvalue weighted by atomic mass is 10.3. The lowest BCUT2D eigenvalue weighted by Gasteiger charge is -1.97. The Morgan fingerprint density at radius 2 is 2.33 bits per heavy atom. The molecule has 0 heterocycles. The number of carbonyl (C=O) groups excluding carboxylic acids is 1. The molecule has 0 bridgehead atoms. The van der Waals surface area contributed by atoms with E-state index in [-0.39, 0.29) is 11.8 Å². The first-order valence-electron chi connectivity index (χ1n) is 3.08. The highest BCUT2D eigenvalue weighted by atomic mass is 16.6. The lowest BCUT2D eigenvalue weighted by Crippen LogP contribution is -2.23. The topological polar surface area (TPSA) is 38.3 Å². The van der Waals surface area contributed by atoms with Gasteiger partial charge in [-0.05, 0) is 12.3 Å². The third-order valence-corrected chi connectivity index (χ3v) is 1.65. The Labute approximate surface area is 54.3 Å². The van der Waals surface area contributed by atoms with E-state index in [9.17, 15) is 4.79 Å². The van der Waals surface area contributed by atoms with Crippen molar-refractivity contribution in [2.75, 3.05) is 7.11 Å². The van der Waals surface area contributed by atoms with Crippen molar-refractivity contribution in [2.24, 2.45) is 11.8 Å². The molecule has 1 fully saturated rings. The van der Waals surface area contributed by atoms with Crippen LogP contribution in [0, 0.1) is 11.8 Å². The molecule has 0 saturated heterocycles. The number of rotatable bonds is 2. The number of nitrogens with one attached hydrogen (secondary N) is 1. The molecular weight excluding hydrogens is 118 g/mol. The largest absolute Gasteiger partial charge is 0.277 e. The van der Waals surface area contributed by atoms with Crippen LogP contribution >= 0.6 is 0 Å². The van der Waals surface area contributed by atoms with Gasteiger partial charge in [-0.15, -0.1) is 0 Å². The quantitative estimate of drug-likeness (QED) is 0.545. The number of hydrogen-bond acceptors (Lipinski definition) is 2. The van der Waals surface area contributed by atoms with Crippen molar-refractivity contribution in [3.05, 3.63) is 0 Å². The molecule has 1 aliphatic rings. The third kappa shape index (κ3) is 1.42. The van der Waals surface area contributed by atoms with Crippen LogP contribution in [0.1, 0.15) is 13.3 Å². The van der Waals surface area contributed by atoms with Crippen LogP contribution in [0.4, 0.5) is 0 Å². The zero-order valence-corrected chi connectivity index (χ0v) is 5.68. The highest BCUT2D eigenvalue weighted by molar-refractivity contribution is 5.80. The Bertz CT molecular complexity index is 124. The van der Waals surface area contributed by atoms with Crippen LogP contribution in [0.2, 0.25) is 0 Å². The zero-order chi connectivity index (χ0) is 6.85. The number of carbonyl (C=O) groups is 1. The second kappa shape index (κ2) is 2.35. The third-order valence-electron chi connectivity index (χ3n) is 1.65. The minimum atomic E-state index is 0.0185. The first-order valence-corrected chi connectivity index (χ1v) is 3.08. The molecule has 1 saturated carbocycles. The summed E-state index contributed by atoms with van der Waals surface area (Å²) in [7, 11) is 1.45. The predicted molar refractivity (Wildman–Crippen MR) is 32.4 cm³/mol. The van der Waals surface area contributed by atoms with E-state index in [1.165, 1.54) is 7.11 Å². The number of amides is 1. The molecule has 0 aliphatic heterocycles. The molecule has 0 radical (unpaired) electrons. The smallest absolute Gasteiger partial charge is 0.246 e. The summed E-state index contributed by atoms with van der Waals surface area (Å²) < 4.78 is 0. The Balaban J connectivity index is 2.20. The van der Waals surface area contributed by atoms with Crippen molar-refractivity contribution in [1.82, 2.24) is 5.48 Å². The molecule has 1 amide bonds. The fourth-order valence-corrected chi connectivity index (χ4v) is 0.864. The predicted octanol–water partition coefficient (Wildman–Crippen LogP) is 0.320. The van der Waals surface area contributed by atoms with Crippen LogP contribution in [-0.2, 0) is 9.63 Å². The van der Waals surface area contributed by atoms with E-state index in [4.69, 9.17) is 0 Å². The van der Waals surface area contributed by atoms with Crippen molar-refractivity contribution in [2.45, 2.75) is 13.3 Å². The maximum absolute atomic E-state index is 10.8. The second-order valence-electron chi connectivity index (χ2n) is 2.49. The van der Waals surface area contributed by atoms with Crippen LogP contribution in [0.5, 0.6) is 0 Å². The van der Waals surface area contributed by atoms with Crippen LogP contribution in [-0.4, -0.2) is 13.0 Å². The maximum Gasteiger partial charge on any atom is 0.246 e. The van der Waals surface area contributed by atoms with Gasteiger partial charge in [0.1, 0.15) is 0 Å². The van der Waals surface area contributed by atoms with Gasteiger partial charge >= 0.3 is 0 Å². The van der Waals surface area contributed by atoms with E-state index in [0.29, 0.717) is 5.92 Å². The molecule has 9 heavy (non-hydrogen) atoms. The van der Waals surface area contributed by atoms with E-state index in [1.54, 1.807) is 0 Å². The van der Waals surface area contributed by atoms with Crippen LogP contribution < -0.4 is 5.48 Å². The van der Waals surface area contributed by atoms with Gasteiger partial charge in [-0.25, -0.2) is 5.48 Å². The van der Waals surface area contributed by atoms with Crippen LogP contribution in [0.3, 0.4) is 0 Å². The molecule has 1 N–H and O–H groups in total. The van der Waals surface area contributed by atoms with Crippen molar-refractivity contribution >= 4 is 5.91 Å². The molecule has 2 atom stereocenters. The van der Waals surface area contributed by atoms with Gasteiger partial charge in [0.05, 0.1) is 7.11 Å². The molecule has 0 unspecified atom stereocenters. The SMILES string of the molecule is CONC(=O)[C@H]1C[C@@H]1C. The van der Waals surface area contributed by atoms with Crippen molar-refractivity contribution in [1.29, 1.82) is 0 Å². The minimum absolute atomic E-state index is 0.0185. The van der Waals surface area contributed by atoms with Gasteiger partial charge in [-0.2, -0.15) is 0 Å². The van der Waals surface area contributed by atoms with E-state index in [0.717, 1.165) is 6.42 Å². The normalized spacial score (nSPS) is 31.8. The molecule has 0 aromatic heterocycles. The fraction of sp³-hybridized carbons (Fsp3) is 0.833. The van der Waals surface area contributed by atoms with Gasteiger partial charge < -0.3 is 0 Å². The van der Waals surface area contributed by atoms with E-state index in [2.05, 4.69) is 17.2 Å². The number of hydroxylamine groups is 1. The molecule has 0 spiro atoms. The second-order valence-corrected chi connectivity index (χ2v) is 2.49.